The first-order valence-corrected chi connectivity index (χ1v) is 18.5. The molecule has 2 aromatic heterocycles. The third-order valence-corrected chi connectivity index (χ3v) is 10.0. The number of hydrogen-bond acceptors (Lipinski definition) is 11. The number of nitrogens with zero attached hydrogens (tertiary/aromatic N) is 4. The quantitative estimate of drug-likeness (QED) is 0.0656. The summed E-state index contributed by atoms with van der Waals surface area (Å²) in [6.45, 7) is 0.531. The Balaban J connectivity index is 1.31. The zero-order valence-corrected chi connectivity index (χ0v) is 30.1. The summed E-state index contributed by atoms with van der Waals surface area (Å²) >= 11 is 0. The van der Waals surface area contributed by atoms with Gasteiger partial charge in [0.2, 0.25) is 5.95 Å². The molecule has 0 saturated carbocycles. The number of anilines is 1. The van der Waals surface area contributed by atoms with Crippen LogP contribution in [0.4, 0.5) is 19.1 Å². The second-order valence-corrected chi connectivity index (χ2v) is 14.1. The normalized spacial score (nSPS) is 18.8. The lowest BCUT2D eigenvalue weighted by Gasteiger charge is -2.37. The number of nitrogens with one attached hydrogen (secondary N) is 1. The second-order valence-electron chi connectivity index (χ2n) is 12.6. The number of imidazole rings is 1. The molecule has 6 aromatic rings. The molecular formula is C39H32F3N5O8S. The first-order chi connectivity index (χ1) is 26.9. The van der Waals surface area contributed by atoms with Crippen molar-refractivity contribution in [1.82, 2.24) is 19.5 Å². The molecule has 0 aliphatic carbocycles. The summed E-state index contributed by atoms with van der Waals surface area (Å²) in [6.07, 6.45) is -4.76. The van der Waals surface area contributed by atoms with Crippen molar-refractivity contribution in [2.75, 3.05) is 11.9 Å². The molecule has 1 N–H and O–H groups in total. The van der Waals surface area contributed by atoms with Crippen LogP contribution >= 0.6 is 0 Å². The standard InChI is InChI=1S/C39H32F3N5O8S/c1-25(48)53-32-31(23-52-38(27-16-8-3-9-17-27,28-18-10-4-11-19-28)29-20-12-5-13-21-29)54-36(33(32)55-56(50,51)39(40,41)42)47-24-44-30-22-43-37(45-34(30)47)46-35(49)26-14-6-2-7-15-26/h2-22,24,31-33,36H,23H2,1H3,(H,43,45,46,49)/t31-,32-,33-,36-/m1/s1. The van der Waals surface area contributed by atoms with Crippen LogP contribution in [0.25, 0.3) is 11.2 Å². The van der Waals surface area contributed by atoms with Crippen LogP contribution in [0.5, 0.6) is 0 Å². The fraction of sp³-hybridized carbons (Fsp3) is 0.205. The predicted molar refractivity (Wildman–Crippen MR) is 194 cm³/mol. The van der Waals surface area contributed by atoms with E-state index in [1.54, 1.807) is 30.3 Å². The topological polar surface area (TPSA) is 161 Å². The zero-order chi connectivity index (χ0) is 39.5. The van der Waals surface area contributed by atoms with Crippen LogP contribution in [-0.4, -0.2) is 70.2 Å². The highest BCUT2D eigenvalue weighted by atomic mass is 32.2. The van der Waals surface area contributed by atoms with Gasteiger partial charge < -0.3 is 14.2 Å². The van der Waals surface area contributed by atoms with Crippen LogP contribution in [0.15, 0.2) is 134 Å². The molecular weight excluding hydrogens is 756 g/mol. The van der Waals surface area contributed by atoms with Crippen LogP contribution in [0, 0.1) is 0 Å². The average molecular weight is 788 g/mol. The number of alkyl halides is 3. The van der Waals surface area contributed by atoms with E-state index in [4.69, 9.17) is 18.4 Å². The van der Waals surface area contributed by atoms with Crippen LogP contribution < -0.4 is 5.32 Å². The van der Waals surface area contributed by atoms with E-state index in [0.717, 1.165) is 17.8 Å². The Kier molecular flexibility index (Phi) is 10.7. The average Bonchev–Trinajstić information content (AvgIpc) is 3.76. The van der Waals surface area contributed by atoms with E-state index in [-0.39, 0.29) is 17.1 Å². The number of esters is 1. The van der Waals surface area contributed by atoms with Crippen molar-refractivity contribution >= 4 is 39.1 Å². The van der Waals surface area contributed by atoms with E-state index in [2.05, 4.69) is 20.3 Å². The SMILES string of the molecule is CC(=O)O[C@H]1[C@@H](OS(=O)(=O)C(F)(F)F)[C@H](n2cnc3cnc(NC(=O)c4ccccc4)nc32)O[C@@H]1COC(c1ccccc1)(c1ccccc1)c1ccccc1. The molecule has 0 spiro atoms. The minimum absolute atomic E-state index is 0.0817. The fourth-order valence-corrected chi connectivity index (χ4v) is 7.12. The summed E-state index contributed by atoms with van der Waals surface area (Å²) in [5, 5.41) is 2.55. The number of hydrogen-bond donors (Lipinski definition) is 1. The van der Waals surface area contributed by atoms with Gasteiger partial charge in [0.15, 0.2) is 24.1 Å². The van der Waals surface area contributed by atoms with Crippen LogP contribution in [0.3, 0.4) is 0 Å². The summed E-state index contributed by atoms with van der Waals surface area (Å²) in [5.41, 5.74) is -4.89. The largest absolute Gasteiger partial charge is 0.523 e. The maximum Gasteiger partial charge on any atom is 0.523 e. The molecule has 4 atom stereocenters. The van der Waals surface area contributed by atoms with Gasteiger partial charge in [0.05, 0.1) is 19.1 Å². The molecule has 0 bridgehead atoms. The van der Waals surface area contributed by atoms with Crippen LogP contribution in [0.1, 0.15) is 40.2 Å². The van der Waals surface area contributed by atoms with Crippen molar-refractivity contribution in [3.63, 3.8) is 0 Å². The van der Waals surface area contributed by atoms with Gasteiger partial charge in [0, 0.05) is 12.5 Å². The van der Waals surface area contributed by atoms with Crippen molar-refractivity contribution in [2.24, 2.45) is 0 Å². The fourth-order valence-electron chi connectivity index (χ4n) is 6.52. The summed E-state index contributed by atoms with van der Waals surface area (Å²) in [6, 6.07) is 35.6. The van der Waals surface area contributed by atoms with Gasteiger partial charge >= 0.3 is 21.6 Å². The zero-order valence-electron chi connectivity index (χ0n) is 29.3. The number of rotatable bonds is 12. The first-order valence-electron chi connectivity index (χ1n) is 17.1. The predicted octanol–water partition coefficient (Wildman–Crippen LogP) is 6.15. The Labute approximate surface area is 318 Å². The number of halogens is 3. The van der Waals surface area contributed by atoms with E-state index >= 15 is 0 Å². The van der Waals surface area contributed by atoms with Gasteiger partial charge in [-0.3, -0.25) is 23.7 Å². The van der Waals surface area contributed by atoms with Crippen LogP contribution in [-0.2, 0) is 38.9 Å². The molecule has 288 valence electrons. The smallest absolute Gasteiger partial charge is 0.457 e. The van der Waals surface area contributed by atoms with E-state index in [0.29, 0.717) is 22.3 Å². The molecule has 1 saturated heterocycles. The van der Waals surface area contributed by atoms with Gasteiger partial charge in [-0.05, 0) is 28.8 Å². The highest BCUT2D eigenvalue weighted by Crippen LogP contribution is 2.43. The molecule has 4 aromatic carbocycles. The van der Waals surface area contributed by atoms with Gasteiger partial charge in [-0.15, -0.1) is 0 Å². The number of amides is 1. The number of aromatic nitrogens is 4. The lowest BCUT2D eigenvalue weighted by atomic mass is 9.80. The Hall–Kier alpha value is -6.01. The Morgan fingerprint density at radius 3 is 1.86 bits per heavy atom. The van der Waals surface area contributed by atoms with Crippen molar-refractivity contribution in [1.29, 1.82) is 0 Å². The molecule has 0 radical (unpaired) electrons. The minimum Gasteiger partial charge on any atom is -0.457 e. The van der Waals surface area contributed by atoms with Gasteiger partial charge in [0.25, 0.3) is 5.91 Å². The van der Waals surface area contributed by atoms with Crippen molar-refractivity contribution in [3.05, 3.63) is 156 Å². The number of carbonyl (C=O) groups is 2. The van der Waals surface area contributed by atoms with Crippen molar-refractivity contribution < 1.29 is 49.6 Å². The summed E-state index contributed by atoms with van der Waals surface area (Å²) in [4.78, 5) is 38.1. The van der Waals surface area contributed by atoms with Crippen molar-refractivity contribution in [2.45, 2.75) is 42.6 Å². The van der Waals surface area contributed by atoms with E-state index in [9.17, 15) is 31.2 Å². The maximum atomic E-state index is 13.9. The number of benzene rings is 4. The highest BCUT2D eigenvalue weighted by Gasteiger charge is 2.57. The van der Waals surface area contributed by atoms with Gasteiger partial charge in [-0.2, -0.15) is 26.6 Å². The second kappa shape index (κ2) is 15.6. The molecule has 0 unspecified atom stereocenters. The van der Waals surface area contributed by atoms with Gasteiger partial charge in [-0.1, -0.05) is 109 Å². The van der Waals surface area contributed by atoms with Gasteiger partial charge in [-0.25, -0.2) is 9.97 Å². The molecule has 1 aliphatic rings. The Morgan fingerprint density at radius 1 is 0.804 bits per heavy atom. The molecule has 1 aliphatic heterocycles. The molecule has 3 heterocycles. The maximum absolute atomic E-state index is 13.9. The number of carbonyl (C=O) groups excluding carboxylic acids is 2. The lowest BCUT2D eigenvalue weighted by molar-refractivity contribution is -0.155. The third-order valence-electron chi connectivity index (χ3n) is 8.97. The van der Waals surface area contributed by atoms with Crippen LogP contribution in [0.2, 0.25) is 0 Å². The minimum atomic E-state index is -6.31. The summed E-state index contributed by atoms with van der Waals surface area (Å²) < 4.78 is 91.6. The number of fused-ring (bicyclic) bond motifs is 1. The summed E-state index contributed by atoms with van der Waals surface area (Å²) in [7, 11) is -6.31. The molecule has 7 rings (SSSR count). The third kappa shape index (κ3) is 7.61. The molecule has 1 fully saturated rings. The van der Waals surface area contributed by atoms with E-state index in [1.165, 1.54) is 6.20 Å². The van der Waals surface area contributed by atoms with Gasteiger partial charge in [0.1, 0.15) is 17.2 Å². The monoisotopic (exact) mass is 787 g/mol. The molecule has 56 heavy (non-hydrogen) atoms. The highest BCUT2D eigenvalue weighted by molar-refractivity contribution is 7.87. The van der Waals surface area contributed by atoms with Crippen molar-refractivity contribution in [3.8, 4) is 0 Å². The first kappa shape index (κ1) is 38.3. The Morgan fingerprint density at radius 2 is 1.34 bits per heavy atom. The number of ether oxygens (including phenoxy) is 3. The molecule has 13 nitrogen and oxygen atoms in total. The van der Waals surface area contributed by atoms with E-state index in [1.807, 2.05) is 91.0 Å². The molecule has 17 heteroatoms. The Bertz CT molecular complexity index is 2330. The lowest BCUT2D eigenvalue weighted by Crippen LogP contribution is -2.44. The molecule has 1 amide bonds. The summed E-state index contributed by atoms with van der Waals surface area (Å²) in [5.74, 6) is -1.73. The van der Waals surface area contributed by atoms with E-state index < -0.39 is 64.3 Å².